The average Bonchev–Trinajstić information content (AvgIpc) is 2.25. The van der Waals surface area contributed by atoms with Gasteiger partial charge < -0.3 is 4.74 Å². The van der Waals surface area contributed by atoms with E-state index in [0.29, 0.717) is 12.8 Å². The third kappa shape index (κ3) is 3.19. The maximum Gasteiger partial charge on any atom is 0.305 e. The zero-order valence-corrected chi connectivity index (χ0v) is 9.87. The Kier molecular flexibility index (Phi) is 4.23. The normalized spacial score (nSPS) is 9.94. The maximum atomic E-state index is 11.2. The Hall–Kier alpha value is -1.64. The number of hydrogen-bond donors (Lipinski definition) is 0. The summed E-state index contributed by atoms with van der Waals surface area (Å²) in [5.74, 6) is -0.148. The van der Waals surface area contributed by atoms with Gasteiger partial charge in [0.25, 0.3) is 0 Å². The third-order valence-electron chi connectivity index (χ3n) is 2.52. The number of rotatable bonds is 4. The van der Waals surface area contributed by atoms with E-state index < -0.39 is 0 Å². The molecule has 0 fully saturated rings. The van der Waals surface area contributed by atoms with E-state index in [1.165, 1.54) is 7.11 Å². The maximum absolute atomic E-state index is 11.2. The van der Waals surface area contributed by atoms with Gasteiger partial charge in [-0.15, -0.1) is 0 Å². The second kappa shape index (κ2) is 5.45. The highest BCUT2D eigenvalue weighted by molar-refractivity contribution is 5.95. The second-order valence-corrected chi connectivity index (χ2v) is 3.78. The molecule has 0 radical (unpaired) electrons. The summed E-state index contributed by atoms with van der Waals surface area (Å²) in [6, 6.07) is 5.64. The molecule has 1 rings (SSSR count). The Morgan fingerprint density at radius 1 is 1.38 bits per heavy atom. The largest absolute Gasteiger partial charge is 0.469 e. The number of carbonyl (C=O) groups is 2. The van der Waals surface area contributed by atoms with Gasteiger partial charge in [-0.3, -0.25) is 9.59 Å². The highest BCUT2D eigenvalue weighted by atomic mass is 16.5. The highest BCUT2D eigenvalue weighted by Crippen LogP contribution is 2.13. The molecule has 1 aromatic carbocycles. The summed E-state index contributed by atoms with van der Waals surface area (Å²) in [4.78, 5) is 22.2. The molecular weight excluding hydrogens is 204 g/mol. The van der Waals surface area contributed by atoms with Gasteiger partial charge in [-0.2, -0.15) is 0 Å². The van der Waals surface area contributed by atoms with Gasteiger partial charge >= 0.3 is 5.97 Å². The number of esters is 1. The average molecular weight is 222 g/mol. The van der Waals surface area contributed by atoms with Crippen molar-refractivity contribution in [3.05, 3.63) is 34.9 Å². The minimum atomic E-state index is -0.215. The third-order valence-corrected chi connectivity index (χ3v) is 2.52. The standard InChI is InChI=1S/C13H16O3.H2/c1-9-8-11(5-7-13(15)16-3)4-6-12(9)10(2)14;/h4,6,8H,5,7H2,1-3H3;1H. The molecule has 0 aliphatic rings. The van der Waals surface area contributed by atoms with E-state index in [9.17, 15) is 9.59 Å². The van der Waals surface area contributed by atoms with Gasteiger partial charge in [0.2, 0.25) is 0 Å². The van der Waals surface area contributed by atoms with Crippen molar-refractivity contribution in [3.8, 4) is 0 Å². The lowest BCUT2D eigenvalue weighted by Gasteiger charge is -2.05. The molecule has 0 aliphatic heterocycles. The molecule has 0 aromatic heterocycles. The van der Waals surface area contributed by atoms with Gasteiger partial charge in [0.15, 0.2) is 5.78 Å². The van der Waals surface area contributed by atoms with Crippen LogP contribution in [-0.4, -0.2) is 18.9 Å². The molecule has 0 amide bonds. The molecule has 3 heteroatoms. The smallest absolute Gasteiger partial charge is 0.305 e. The molecule has 0 atom stereocenters. The molecule has 88 valence electrons. The predicted molar refractivity (Wildman–Crippen MR) is 63.6 cm³/mol. The molecular formula is C13H18O3. The SMILES string of the molecule is COC(=O)CCc1ccc(C(C)=O)c(C)c1.[HH]. The van der Waals surface area contributed by atoms with Crippen LogP contribution < -0.4 is 0 Å². The molecule has 0 saturated heterocycles. The van der Waals surface area contributed by atoms with E-state index in [-0.39, 0.29) is 13.2 Å². The van der Waals surface area contributed by atoms with Gasteiger partial charge in [-0.25, -0.2) is 0 Å². The van der Waals surface area contributed by atoms with E-state index in [1.54, 1.807) is 6.92 Å². The summed E-state index contributed by atoms with van der Waals surface area (Å²) in [7, 11) is 1.38. The number of carbonyl (C=O) groups excluding carboxylic acids is 2. The second-order valence-electron chi connectivity index (χ2n) is 3.78. The number of Topliss-reactive ketones (excluding diaryl/α,β-unsaturated/α-hetero) is 1. The Bertz CT molecular complexity index is 413. The minimum Gasteiger partial charge on any atom is -0.469 e. The Labute approximate surface area is 96.9 Å². The van der Waals surface area contributed by atoms with Crippen molar-refractivity contribution in [2.75, 3.05) is 7.11 Å². The molecule has 16 heavy (non-hydrogen) atoms. The number of methoxy groups -OCH3 is 1. The van der Waals surface area contributed by atoms with Crippen molar-refractivity contribution in [1.82, 2.24) is 0 Å². The van der Waals surface area contributed by atoms with Crippen molar-refractivity contribution in [2.24, 2.45) is 0 Å². The number of hydrogen-bond acceptors (Lipinski definition) is 3. The molecule has 0 saturated carbocycles. The summed E-state index contributed by atoms with van der Waals surface area (Å²) in [5.41, 5.74) is 2.74. The Morgan fingerprint density at radius 2 is 2.06 bits per heavy atom. The fraction of sp³-hybridized carbons (Fsp3) is 0.385. The van der Waals surface area contributed by atoms with Crippen LogP contribution in [0.15, 0.2) is 18.2 Å². The summed E-state index contributed by atoms with van der Waals surface area (Å²) >= 11 is 0. The van der Waals surface area contributed by atoms with E-state index >= 15 is 0 Å². The molecule has 0 unspecified atom stereocenters. The van der Waals surface area contributed by atoms with Crippen molar-refractivity contribution in [3.63, 3.8) is 0 Å². The van der Waals surface area contributed by atoms with Gasteiger partial charge in [0, 0.05) is 13.4 Å². The first-order valence-corrected chi connectivity index (χ1v) is 5.22. The topological polar surface area (TPSA) is 43.4 Å². The first-order chi connectivity index (χ1) is 7.54. The first kappa shape index (κ1) is 12.4. The molecule has 0 heterocycles. The number of aryl methyl sites for hydroxylation is 2. The van der Waals surface area contributed by atoms with Crippen LogP contribution in [0, 0.1) is 6.92 Å². The molecule has 0 N–H and O–H groups in total. The lowest BCUT2D eigenvalue weighted by molar-refractivity contribution is -0.140. The number of ether oxygens (including phenoxy) is 1. The Balaban J connectivity index is 0.00000256. The van der Waals surface area contributed by atoms with Gasteiger partial charge in [-0.1, -0.05) is 18.2 Å². The van der Waals surface area contributed by atoms with Crippen LogP contribution in [0.1, 0.15) is 36.3 Å². The molecule has 1 aromatic rings. The minimum absolute atomic E-state index is 0. The monoisotopic (exact) mass is 222 g/mol. The Morgan fingerprint density at radius 3 is 2.56 bits per heavy atom. The predicted octanol–water partition coefficient (Wildman–Crippen LogP) is 2.55. The van der Waals surface area contributed by atoms with Crippen LogP contribution >= 0.6 is 0 Å². The van der Waals surface area contributed by atoms with Gasteiger partial charge in [0.05, 0.1) is 7.11 Å². The van der Waals surface area contributed by atoms with E-state index in [0.717, 1.165) is 16.7 Å². The van der Waals surface area contributed by atoms with Crippen molar-refractivity contribution >= 4 is 11.8 Å². The summed E-state index contributed by atoms with van der Waals surface area (Å²) in [5, 5.41) is 0. The summed E-state index contributed by atoms with van der Waals surface area (Å²) < 4.78 is 4.57. The van der Waals surface area contributed by atoms with E-state index in [1.807, 2.05) is 25.1 Å². The molecule has 0 spiro atoms. The molecule has 3 nitrogen and oxygen atoms in total. The fourth-order valence-electron chi connectivity index (χ4n) is 1.62. The lowest BCUT2D eigenvalue weighted by atomic mass is 10.0. The van der Waals surface area contributed by atoms with Crippen LogP contribution in [0.3, 0.4) is 0 Å². The van der Waals surface area contributed by atoms with Crippen molar-refractivity contribution in [1.29, 1.82) is 0 Å². The zero-order chi connectivity index (χ0) is 12.1. The lowest BCUT2D eigenvalue weighted by Crippen LogP contribution is -2.03. The quantitative estimate of drug-likeness (QED) is 0.581. The molecule has 0 aliphatic carbocycles. The van der Waals surface area contributed by atoms with Gasteiger partial charge in [0.1, 0.15) is 0 Å². The highest BCUT2D eigenvalue weighted by Gasteiger charge is 2.06. The van der Waals surface area contributed by atoms with Crippen LogP contribution in [0.5, 0.6) is 0 Å². The zero-order valence-electron chi connectivity index (χ0n) is 9.87. The van der Waals surface area contributed by atoms with E-state index in [2.05, 4.69) is 4.74 Å². The van der Waals surface area contributed by atoms with Crippen molar-refractivity contribution in [2.45, 2.75) is 26.7 Å². The van der Waals surface area contributed by atoms with Crippen LogP contribution in [0.4, 0.5) is 0 Å². The van der Waals surface area contributed by atoms with Crippen LogP contribution in [0.25, 0.3) is 0 Å². The van der Waals surface area contributed by atoms with Crippen LogP contribution in [0.2, 0.25) is 0 Å². The van der Waals surface area contributed by atoms with Gasteiger partial charge in [-0.05, 0) is 31.4 Å². The van der Waals surface area contributed by atoms with Crippen LogP contribution in [-0.2, 0) is 16.0 Å². The summed E-state index contributed by atoms with van der Waals surface area (Å²) in [6.07, 6.45) is 1.01. The molecule has 0 bridgehead atoms. The first-order valence-electron chi connectivity index (χ1n) is 5.22. The fourth-order valence-corrected chi connectivity index (χ4v) is 1.62. The number of ketones is 1. The summed E-state index contributed by atoms with van der Waals surface area (Å²) in [6.45, 7) is 3.45. The van der Waals surface area contributed by atoms with E-state index in [4.69, 9.17) is 0 Å². The van der Waals surface area contributed by atoms with Crippen molar-refractivity contribution < 1.29 is 15.8 Å². The number of benzene rings is 1.